The van der Waals surface area contributed by atoms with Crippen molar-refractivity contribution in [2.24, 2.45) is 0 Å². The number of ether oxygens (including phenoxy) is 1. The van der Waals surface area contributed by atoms with Crippen LogP contribution >= 0.6 is 27.6 Å². The fourth-order valence-electron chi connectivity index (χ4n) is 1.33. The number of rotatable bonds is 3. The molecule has 84 valence electrons. The molecule has 0 aliphatic heterocycles. The molecular formula is C13H12ClIO. The predicted molar refractivity (Wildman–Crippen MR) is 76.7 cm³/mol. The van der Waals surface area contributed by atoms with Crippen molar-refractivity contribution in [2.45, 2.75) is 0 Å². The summed E-state index contributed by atoms with van der Waals surface area (Å²) >= 11 is -1.72. The summed E-state index contributed by atoms with van der Waals surface area (Å²) in [6, 6.07) is 18.3. The zero-order valence-corrected chi connectivity index (χ0v) is 11.8. The molecule has 2 aromatic rings. The Balaban J connectivity index is 2.24. The van der Waals surface area contributed by atoms with Gasteiger partial charge in [0.15, 0.2) is 0 Å². The molecular weight excluding hydrogens is 334 g/mol. The second-order valence-corrected chi connectivity index (χ2v) is 8.95. The first-order valence-electron chi connectivity index (χ1n) is 4.87. The first kappa shape index (κ1) is 11.7. The normalized spacial score (nSPS) is 11.0. The molecule has 0 aliphatic rings. The molecule has 0 saturated heterocycles. The van der Waals surface area contributed by atoms with E-state index >= 15 is 0 Å². The van der Waals surface area contributed by atoms with Gasteiger partial charge in [-0.1, -0.05) is 0 Å². The van der Waals surface area contributed by atoms with E-state index in [-0.39, 0.29) is 0 Å². The van der Waals surface area contributed by atoms with Crippen LogP contribution in [-0.2, 0) is 0 Å². The average Bonchev–Trinajstić information content (AvgIpc) is 2.39. The van der Waals surface area contributed by atoms with Crippen molar-refractivity contribution in [3.8, 4) is 5.75 Å². The molecule has 0 radical (unpaired) electrons. The fraction of sp³-hybridized carbons (Fsp3) is 0.0769. The van der Waals surface area contributed by atoms with Crippen LogP contribution in [0.5, 0.6) is 5.75 Å². The summed E-state index contributed by atoms with van der Waals surface area (Å²) in [5, 5.41) is 0. The van der Waals surface area contributed by atoms with Gasteiger partial charge in [-0.05, 0) is 0 Å². The molecule has 0 spiro atoms. The van der Waals surface area contributed by atoms with Crippen molar-refractivity contribution < 1.29 is 4.74 Å². The van der Waals surface area contributed by atoms with Gasteiger partial charge < -0.3 is 0 Å². The Morgan fingerprint density at radius 2 is 1.44 bits per heavy atom. The van der Waals surface area contributed by atoms with Gasteiger partial charge in [-0.2, -0.15) is 0 Å². The zero-order chi connectivity index (χ0) is 11.4. The van der Waals surface area contributed by atoms with Crippen LogP contribution in [0.15, 0.2) is 54.6 Å². The van der Waals surface area contributed by atoms with Crippen LogP contribution in [0.2, 0.25) is 0 Å². The van der Waals surface area contributed by atoms with E-state index in [1.807, 2.05) is 30.3 Å². The Hall–Kier alpha value is -0.740. The van der Waals surface area contributed by atoms with Gasteiger partial charge in [0.1, 0.15) is 0 Å². The van der Waals surface area contributed by atoms with Crippen molar-refractivity contribution in [2.75, 3.05) is 7.11 Å². The summed E-state index contributed by atoms with van der Waals surface area (Å²) < 4.78 is 7.63. The maximum atomic E-state index is 6.54. The minimum absolute atomic E-state index is 0.873. The summed E-state index contributed by atoms with van der Waals surface area (Å²) in [5.74, 6) is 0.873. The van der Waals surface area contributed by atoms with Crippen molar-refractivity contribution in [1.29, 1.82) is 0 Å². The number of hydrogen-bond donors (Lipinski definition) is 0. The quantitative estimate of drug-likeness (QED) is 0.749. The SMILES string of the molecule is COc1ccc(I(Cl)c2ccccc2)cc1. The first-order valence-corrected chi connectivity index (χ1v) is 9.75. The van der Waals surface area contributed by atoms with Gasteiger partial charge in [0.05, 0.1) is 0 Å². The number of hydrogen-bond acceptors (Lipinski definition) is 1. The van der Waals surface area contributed by atoms with E-state index in [0.717, 1.165) is 5.75 Å². The molecule has 0 N–H and O–H groups in total. The van der Waals surface area contributed by atoms with E-state index < -0.39 is 18.7 Å². The summed E-state index contributed by atoms with van der Waals surface area (Å²) in [6.07, 6.45) is 0. The van der Waals surface area contributed by atoms with Gasteiger partial charge in [-0.25, -0.2) is 0 Å². The van der Waals surface area contributed by atoms with E-state index in [1.54, 1.807) is 7.11 Å². The van der Waals surface area contributed by atoms with Crippen LogP contribution < -0.4 is 4.74 Å². The second kappa shape index (κ2) is 5.55. The maximum absolute atomic E-state index is 6.54. The summed E-state index contributed by atoms with van der Waals surface area (Å²) in [6.45, 7) is 0. The second-order valence-electron chi connectivity index (χ2n) is 3.19. The molecule has 0 heterocycles. The van der Waals surface area contributed by atoms with Gasteiger partial charge in [0.25, 0.3) is 0 Å². The topological polar surface area (TPSA) is 9.23 Å². The van der Waals surface area contributed by atoms with Crippen molar-refractivity contribution in [1.82, 2.24) is 0 Å². The number of benzene rings is 2. The van der Waals surface area contributed by atoms with E-state index in [4.69, 9.17) is 13.6 Å². The molecule has 2 aromatic carbocycles. The van der Waals surface area contributed by atoms with Crippen LogP contribution in [0.1, 0.15) is 0 Å². The average molecular weight is 347 g/mol. The standard InChI is InChI=1S/C13H12ClIO/c1-16-13-9-7-12(8-10-13)15(14)11-5-3-2-4-6-11/h2-10H,1H3. The Labute approximate surface area is 106 Å². The Kier molecular flexibility index (Phi) is 4.07. The third kappa shape index (κ3) is 2.68. The molecule has 0 saturated carbocycles. The molecule has 0 amide bonds. The molecule has 16 heavy (non-hydrogen) atoms. The third-order valence-electron chi connectivity index (χ3n) is 2.17. The third-order valence-corrected chi connectivity index (χ3v) is 8.00. The molecule has 0 aromatic heterocycles. The first-order chi connectivity index (χ1) is 7.81. The minimum atomic E-state index is -1.72. The summed E-state index contributed by atoms with van der Waals surface area (Å²) in [4.78, 5) is 0. The van der Waals surface area contributed by atoms with Gasteiger partial charge in [-0.3, -0.25) is 0 Å². The summed E-state index contributed by atoms with van der Waals surface area (Å²) in [5.41, 5.74) is 0. The van der Waals surface area contributed by atoms with E-state index in [2.05, 4.69) is 24.3 Å². The van der Waals surface area contributed by atoms with E-state index in [1.165, 1.54) is 7.14 Å². The van der Waals surface area contributed by atoms with Gasteiger partial charge >= 0.3 is 107 Å². The van der Waals surface area contributed by atoms with E-state index in [9.17, 15) is 0 Å². The van der Waals surface area contributed by atoms with Crippen LogP contribution in [0.4, 0.5) is 0 Å². The van der Waals surface area contributed by atoms with Crippen LogP contribution in [0, 0.1) is 7.14 Å². The molecule has 3 heteroatoms. The predicted octanol–water partition coefficient (Wildman–Crippen LogP) is 4.39. The zero-order valence-electron chi connectivity index (χ0n) is 8.86. The Bertz CT molecular complexity index is 441. The van der Waals surface area contributed by atoms with Crippen LogP contribution in [-0.4, -0.2) is 7.11 Å². The Morgan fingerprint density at radius 3 is 2.00 bits per heavy atom. The molecule has 1 nitrogen and oxygen atoms in total. The number of methoxy groups -OCH3 is 1. The van der Waals surface area contributed by atoms with Crippen molar-refractivity contribution >= 4 is 27.6 Å². The van der Waals surface area contributed by atoms with Crippen LogP contribution in [0.25, 0.3) is 0 Å². The van der Waals surface area contributed by atoms with Gasteiger partial charge in [0.2, 0.25) is 0 Å². The molecule has 0 aliphatic carbocycles. The monoisotopic (exact) mass is 346 g/mol. The molecule has 0 bridgehead atoms. The molecule has 0 fully saturated rings. The van der Waals surface area contributed by atoms with Gasteiger partial charge in [-0.15, -0.1) is 0 Å². The molecule has 2 rings (SSSR count). The van der Waals surface area contributed by atoms with Crippen LogP contribution in [0.3, 0.4) is 0 Å². The van der Waals surface area contributed by atoms with Crippen molar-refractivity contribution in [3.63, 3.8) is 0 Å². The van der Waals surface area contributed by atoms with Gasteiger partial charge in [0, 0.05) is 0 Å². The molecule has 0 unspecified atom stereocenters. The molecule has 0 atom stereocenters. The fourth-order valence-corrected chi connectivity index (χ4v) is 5.37. The van der Waals surface area contributed by atoms with E-state index in [0.29, 0.717) is 0 Å². The summed E-state index contributed by atoms with van der Waals surface area (Å²) in [7, 11) is 8.21. The number of halogens is 2. The van der Waals surface area contributed by atoms with Crippen molar-refractivity contribution in [3.05, 3.63) is 61.7 Å². The Morgan fingerprint density at radius 1 is 0.875 bits per heavy atom.